The van der Waals surface area contributed by atoms with E-state index in [0.717, 1.165) is 30.2 Å². The van der Waals surface area contributed by atoms with Gasteiger partial charge in [-0.05, 0) is 37.6 Å². The molecule has 3 heteroatoms. The van der Waals surface area contributed by atoms with Crippen LogP contribution in [0.1, 0.15) is 22.7 Å². The fraction of sp³-hybridized carbons (Fsp3) is 0.308. The van der Waals surface area contributed by atoms with Crippen molar-refractivity contribution >= 4 is 0 Å². The number of nitrogens with one attached hydrogen (secondary N) is 1. The maximum atomic E-state index is 5.34. The van der Waals surface area contributed by atoms with Crippen molar-refractivity contribution in [2.45, 2.75) is 26.9 Å². The number of furan rings is 1. The van der Waals surface area contributed by atoms with E-state index >= 15 is 0 Å². The van der Waals surface area contributed by atoms with Crippen molar-refractivity contribution < 1.29 is 4.42 Å². The highest BCUT2D eigenvalue weighted by atomic mass is 16.3. The zero-order valence-electron chi connectivity index (χ0n) is 9.66. The van der Waals surface area contributed by atoms with Crippen LogP contribution in [0.2, 0.25) is 0 Å². The molecule has 3 nitrogen and oxygen atoms in total. The van der Waals surface area contributed by atoms with Gasteiger partial charge >= 0.3 is 0 Å². The monoisotopic (exact) mass is 216 g/mol. The van der Waals surface area contributed by atoms with Crippen LogP contribution in [0.3, 0.4) is 0 Å². The zero-order valence-corrected chi connectivity index (χ0v) is 9.66. The van der Waals surface area contributed by atoms with Crippen LogP contribution in [0.25, 0.3) is 0 Å². The van der Waals surface area contributed by atoms with Crippen molar-refractivity contribution in [3.8, 4) is 0 Å². The molecule has 2 aromatic rings. The highest BCUT2D eigenvalue weighted by Gasteiger charge is 2.01. The Balaban J connectivity index is 1.87. The molecular formula is C13H16N2O. The summed E-state index contributed by atoms with van der Waals surface area (Å²) in [6.07, 6.45) is 1.72. The van der Waals surface area contributed by atoms with E-state index in [1.807, 2.05) is 38.1 Å². The molecule has 1 N–H and O–H groups in total. The first-order valence-corrected chi connectivity index (χ1v) is 5.42. The van der Waals surface area contributed by atoms with Crippen molar-refractivity contribution in [2.75, 3.05) is 0 Å². The number of pyridine rings is 1. The summed E-state index contributed by atoms with van der Waals surface area (Å²) in [6, 6.07) is 8.02. The number of rotatable bonds is 4. The largest absolute Gasteiger partial charge is 0.468 e. The summed E-state index contributed by atoms with van der Waals surface area (Å²) in [6.45, 7) is 5.56. The minimum atomic E-state index is 0.744. The van der Waals surface area contributed by atoms with Crippen molar-refractivity contribution in [2.24, 2.45) is 0 Å². The van der Waals surface area contributed by atoms with E-state index in [-0.39, 0.29) is 0 Å². The predicted molar refractivity (Wildman–Crippen MR) is 63.0 cm³/mol. The molecule has 0 atom stereocenters. The molecule has 2 rings (SSSR count). The van der Waals surface area contributed by atoms with Gasteiger partial charge in [-0.15, -0.1) is 0 Å². The number of aryl methyl sites for hydroxylation is 2. The van der Waals surface area contributed by atoms with E-state index in [9.17, 15) is 0 Å². The Morgan fingerprint density at radius 3 is 2.75 bits per heavy atom. The van der Waals surface area contributed by atoms with Gasteiger partial charge in [0.05, 0.1) is 18.5 Å². The van der Waals surface area contributed by atoms with Crippen LogP contribution in [-0.4, -0.2) is 4.98 Å². The SMILES string of the molecule is Cc1cccc(CNCc2occc2C)n1. The average Bonchev–Trinajstić information content (AvgIpc) is 2.65. The van der Waals surface area contributed by atoms with Crippen LogP contribution in [0.15, 0.2) is 34.9 Å². The lowest BCUT2D eigenvalue weighted by molar-refractivity contribution is 0.479. The molecule has 2 heterocycles. The van der Waals surface area contributed by atoms with Crippen LogP contribution in [0.4, 0.5) is 0 Å². The second-order valence-corrected chi connectivity index (χ2v) is 3.90. The number of aromatic nitrogens is 1. The van der Waals surface area contributed by atoms with Gasteiger partial charge in [-0.1, -0.05) is 6.07 Å². The van der Waals surface area contributed by atoms with Gasteiger partial charge in [0.2, 0.25) is 0 Å². The van der Waals surface area contributed by atoms with E-state index in [2.05, 4.69) is 10.3 Å². The van der Waals surface area contributed by atoms with E-state index in [0.29, 0.717) is 0 Å². The van der Waals surface area contributed by atoms with E-state index < -0.39 is 0 Å². The normalized spacial score (nSPS) is 10.6. The summed E-state index contributed by atoms with van der Waals surface area (Å²) in [5, 5.41) is 3.32. The van der Waals surface area contributed by atoms with Crippen LogP contribution < -0.4 is 5.32 Å². The summed E-state index contributed by atoms with van der Waals surface area (Å²) in [5.74, 6) is 0.993. The zero-order chi connectivity index (χ0) is 11.4. The summed E-state index contributed by atoms with van der Waals surface area (Å²) in [7, 11) is 0. The van der Waals surface area contributed by atoms with Crippen molar-refractivity contribution in [1.82, 2.24) is 10.3 Å². The van der Waals surface area contributed by atoms with Crippen LogP contribution >= 0.6 is 0 Å². The topological polar surface area (TPSA) is 38.1 Å². The van der Waals surface area contributed by atoms with Gasteiger partial charge in [0.1, 0.15) is 5.76 Å². The molecule has 0 aliphatic heterocycles. The Kier molecular flexibility index (Phi) is 3.37. The maximum absolute atomic E-state index is 5.34. The predicted octanol–water partition coefficient (Wildman–Crippen LogP) is 2.58. The molecule has 0 aliphatic carbocycles. The number of nitrogens with zero attached hydrogens (tertiary/aromatic N) is 1. The van der Waals surface area contributed by atoms with E-state index in [1.165, 1.54) is 5.56 Å². The molecule has 0 spiro atoms. The summed E-state index contributed by atoms with van der Waals surface area (Å²) < 4.78 is 5.34. The second kappa shape index (κ2) is 4.94. The van der Waals surface area contributed by atoms with Crippen LogP contribution in [0, 0.1) is 13.8 Å². The first-order valence-electron chi connectivity index (χ1n) is 5.42. The second-order valence-electron chi connectivity index (χ2n) is 3.90. The molecule has 0 radical (unpaired) electrons. The Morgan fingerprint density at radius 2 is 2.06 bits per heavy atom. The Labute approximate surface area is 95.5 Å². The molecule has 2 aromatic heterocycles. The quantitative estimate of drug-likeness (QED) is 0.853. The Hall–Kier alpha value is -1.61. The minimum Gasteiger partial charge on any atom is -0.468 e. The van der Waals surface area contributed by atoms with Gasteiger partial charge in [0.25, 0.3) is 0 Å². The highest BCUT2D eigenvalue weighted by Crippen LogP contribution is 2.08. The number of hydrogen-bond acceptors (Lipinski definition) is 3. The third-order valence-corrected chi connectivity index (χ3v) is 2.51. The summed E-state index contributed by atoms with van der Waals surface area (Å²) in [4.78, 5) is 4.42. The molecule has 0 fully saturated rings. The van der Waals surface area contributed by atoms with Gasteiger partial charge < -0.3 is 9.73 Å². The van der Waals surface area contributed by atoms with E-state index in [1.54, 1.807) is 6.26 Å². The Bertz CT molecular complexity index is 462. The molecule has 0 aliphatic rings. The average molecular weight is 216 g/mol. The first kappa shape index (κ1) is 10.9. The standard InChI is InChI=1S/C13H16N2O/c1-10-6-7-16-13(10)9-14-8-12-5-3-4-11(2)15-12/h3-7,14H,8-9H2,1-2H3. The molecule has 0 bridgehead atoms. The smallest absolute Gasteiger partial charge is 0.120 e. The fourth-order valence-electron chi connectivity index (χ4n) is 1.59. The third kappa shape index (κ3) is 2.70. The van der Waals surface area contributed by atoms with Gasteiger partial charge in [0.15, 0.2) is 0 Å². The van der Waals surface area contributed by atoms with Gasteiger partial charge in [0, 0.05) is 12.2 Å². The van der Waals surface area contributed by atoms with Crippen LogP contribution in [-0.2, 0) is 13.1 Å². The fourth-order valence-corrected chi connectivity index (χ4v) is 1.59. The van der Waals surface area contributed by atoms with Gasteiger partial charge in [-0.25, -0.2) is 0 Å². The summed E-state index contributed by atoms with van der Waals surface area (Å²) >= 11 is 0. The van der Waals surface area contributed by atoms with Crippen LogP contribution in [0.5, 0.6) is 0 Å². The van der Waals surface area contributed by atoms with E-state index in [4.69, 9.17) is 4.42 Å². The molecule has 0 saturated heterocycles. The van der Waals surface area contributed by atoms with Crippen molar-refractivity contribution in [1.29, 1.82) is 0 Å². The van der Waals surface area contributed by atoms with Gasteiger partial charge in [-0.2, -0.15) is 0 Å². The molecule has 84 valence electrons. The lowest BCUT2D eigenvalue weighted by atomic mass is 10.2. The maximum Gasteiger partial charge on any atom is 0.120 e. The summed E-state index contributed by atoms with van der Waals surface area (Å²) in [5.41, 5.74) is 3.29. The van der Waals surface area contributed by atoms with Crippen molar-refractivity contribution in [3.05, 3.63) is 53.2 Å². The molecular weight excluding hydrogens is 200 g/mol. The third-order valence-electron chi connectivity index (χ3n) is 2.51. The Morgan fingerprint density at radius 1 is 1.19 bits per heavy atom. The number of hydrogen-bond donors (Lipinski definition) is 1. The molecule has 0 saturated carbocycles. The lowest BCUT2D eigenvalue weighted by Crippen LogP contribution is -2.13. The minimum absolute atomic E-state index is 0.744. The molecule has 0 unspecified atom stereocenters. The molecule has 0 aromatic carbocycles. The van der Waals surface area contributed by atoms with Gasteiger partial charge in [-0.3, -0.25) is 4.98 Å². The first-order chi connectivity index (χ1) is 7.75. The lowest BCUT2D eigenvalue weighted by Gasteiger charge is -2.03. The van der Waals surface area contributed by atoms with Crippen molar-refractivity contribution in [3.63, 3.8) is 0 Å². The molecule has 16 heavy (non-hydrogen) atoms. The highest BCUT2D eigenvalue weighted by molar-refractivity contribution is 5.14. The molecule has 0 amide bonds.